The monoisotopic (exact) mass is 215 g/mol. The van der Waals surface area contributed by atoms with E-state index < -0.39 is 12.0 Å². The van der Waals surface area contributed by atoms with Crippen molar-refractivity contribution in [3.8, 4) is 0 Å². The lowest BCUT2D eigenvalue weighted by Crippen LogP contribution is -2.46. The summed E-state index contributed by atoms with van der Waals surface area (Å²) in [6, 6.07) is -0.793. The summed E-state index contributed by atoms with van der Waals surface area (Å²) in [5.74, 6) is -1.04. The van der Waals surface area contributed by atoms with E-state index in [-0.39, 0.29) is 17.7 Å². The molecular formula is C10H17NO4. The van der Waals surface area contributed by atoms with Crippen LogP contribution in [0.25, 0.3) is 0 Å². The Balaban J connectivity index is 2.36. The van der Waals surface area contributed by atoms with Crippen LogP contribution in [0.5, 0.6) is 0 Å². The summed E-state index contributed by atoms with van der Waals surface area (Å²) < 4.78 is 4.94. The van der Waals surface area contributed by atoms with Gasteiger partial charge in [-0.1, -0.05) is 13.8 Å². The molecule has 1 atom stereocenters. The van der Waals surface area contributed by atoms with Gasteiger partial charge in [-0.05, 0) is 5.92 Å². The van der Waals surface area contributed by atoms with Crippen LogP contribution in [0.15, 0.2) is 0 Å². The van der Waals surface area contributed by atoms with Gasteiger partial charge in [0.1, 0.15) is 6.04 Å². The third-order valence-corrected chi connectivity index (χ3v) is 2.43. The number of amides is 1. The molecule has 0 aromatic rings. The van der Waals surface area contributed by atoms with Gasteiger partial charge < -0.3 is 15.2 Å². The third-order valence-electron chi connectivity index (χ3n) is 2.43. The Morgan fingerprint density at radius 1 is 1.47 bits per heavy atom. The zero-order chi connectivity index (χ0) is 11.4. The molecule has 1 saturated heterocycles. The molecule has 1 fully saturated rings. The van der Waals surface area contributed by atoms with Gasteiger partial charge in [-0.25, -0.2) is 4.79 Å². The largest absolute Gasteiger partial charge is 0.480 e. The number of rotatable bonds is 5. The smallest absolute Gasteiger partial charge is 0.326 e. The number of ether oxygens (including phenoxy) is 1. The highest BCUT2D eigenvalue weighted by Gasteiger charge is 2.26. The van der Waals surface area contributed by atoms with Gasteiger partial charge in [0.15, 0.2) is 0 Å². The van der Waals surface area contributed by atoms with E-state index in [9.17, 15) is 9.59 Å². The van der Waals surface area contributed by atoms with Crippen molar-refractivity contribution in [2.75, 3.05) is 13.2 Å². The van der Waals surface area contributed by atoms with E-state index in [1.807, 2.05) is 0 Å². The molecule has 1 unspecified atom stereocenters. The molecule has 86 valence electrons. The Hall–Kier alpha value is -1.10. The molecule has 0 radical (unpaired) electrons. The lowest BCUT2D eigenvalue weighted by Gasteiger charge is -2.26. The zero-order valence-electron chi connectivity index (χ0n) is 9.03. The second kappa shape index (κ2) is 5.11. The van der Waals surface area contributed by atoms with Crippen molar-refractivity contribution in [3.05, 3.63) is 0 Å². The SMILES string of the molecule is CC(C)C(NC(=O)CC1COC1)C(=O)O. The fraction of sp³-hybridized carbons (Fsp3) is 0.800. The van der Waals surface area contributed by atoms with Crippen molar-refractivity contribution in [3.63, 3.8) is 0 Å². The van der Waals surface area contributed by atoms with Crippen molar-refractivity contribution in [1.29, 1.82) is 0 Å². The maximum Gasteiger partial charge on any atom is 0.326 e. The first-order chi connectivity index (χ1) is 7.00. The van der Waals surface area contributed by atoms with E-state index >= 15 is 0 Å². The molecule has 2 N–H and O–H groups in total. The van der Waals surface area contributed by atoms with Crippen LogP contribution in [0.1, 0.15) is 20.3 Å². The Labute approximate surface area is 88.8 Å². The topological polar surface area (TPSA) is 75.6 Å². The summed E-state index contributed by atoms with van der Waals surface area (Å²) in [6.07, 6.45) is 0.358. The van der Waals surface area contributed by atoms with E-state index in [0.717, 1.165) is 0 Å². The molecule has 15 heavy (non-hydrogen) atoms. The number of nitrogens with one attached hydrogen (secondary N) is 1. The van der Waals surface area contributed by atoms with Crippen LogP contribution in [0, 0.1) is 11.8 Å². The van der Waals surface area contributed by atoms with Crippen LogP contribution >= 0.6 is 0 Å². The molecule has 0 aromatic carbocycles. The van der Waals surface area contributed by atoms with E-state index in [4.69, 9.17) is 9.84 Å². The molecule has 5 nitrogen and oxygen atoms in total. The Morgan fingerprint density at radius 2 is 2.07 bits per heavy atom. The van der Waals surface area contributed by atoms with Gasteiger partial charge in [0, 0.05) is 12.3 Å². The fourth-order valence-electron chi connectivity index (χ4n) is 1.41. The van der Waals surface area contributed by atoms with Gasteiger partial charge in [-0.3, -0.25) is 4.79 Å². The lowest BCUT2D eigenvalue weighted by molar-refractivity contribution is -0.143. The molecular weight excluding hydrogens is 198 g/mol. The quantitative estimate of drug-likeness (QED) is 0.689. The van der Waals surface area contributed by atoms with Gasteiger partial charge in [0.25, 0.3) is 0 Å². The number of carboxylic acids is 1. The van der Waals surface area contributed by atoms with Gasteiger partial charge in [0.2, 0.25) is 5.91 Å². The van der Waals surface area contributed by atoms with Crippen LogP contribution in [0.3, 0.4) is 0 Å². The van der Waals surface area contributed by atoms with E-state index in [1.54, 1.807) is 13.8 Å². The molecule has 1 amide bonds. The van der Waals surface area contributed by atoms with Crippen LogP contribution < -0.4 is 5.32 Å². The third kappa shape index (κ3) is 3.51. The minimum Gasteiger partial charge on any atom is -0.480 e. The van der Waals surface area contributed by atoms with Crippen molar-refractivity contribution in [2.45, 2.75) is 26.3 Å². The second-order valence-corrected chi connectivity index (χ2v) is 4.24. The molecule has 1 rings (SSSR count). The summed E-state index contributed by atoms with van der Waals surface area (Å²) in [6.45, 7) is 4.75. The standard InChI is InChI=1S/C10H17NO4/c1-6(2)9(10(13)14)11-8(12)3-7-4-15-5-7/h6-7,9H,3-5H2,1-2H3,(H,11,12)(H,13,14). The Bertz CT molecular complexity index is 248. The molecule has 1 aliphatic rings. The molecule has 5 heteroatoms. The lowest BCUT2D eigenvalue weighted by atomic mass is 10.0. The molecule has 1 heterocycles. The van der Waals surface area contributed by atoms with Crippen LogP contribution in [-0.4, -0.2) is 36.2 Å². The fourth-order valence-corrected chi connectivity index (χ4v) is 1.41. The molecule has 0 spiro atoms. The summed E-state index contributed by atoms with van der Waals surface area (Å²) >= 11 is 0. The number of carboxylic acid groups (broad SMARTS) is 1. The first-order valence-corrected chi connectivity index (χ1v) is 5.10. The Morgan fingerprint density at radius 3 is 2.40 bits per heavy atom. The summed E-state index contributed by atoms with van der Waals surface area (Å²) in [7, 11) is 0. The maximum absolute atomic E-state index is 11.4. The summed E-state index contributed by atoms with van der Waals surface area (Å²) in [5.41, 5.74) is 0. The van der Waals surface area contributed by atoms with Gasteiger partial charge in [-0.15, -0.1) is 0 Å². The Kier molecular flexibility index (Phi) is 4.08. The van der Waals surface area contributed by atoms with Crippen LogP contribution in [-0.2, 0) is 14.3 Å². The van der Waals surface area contributed by atoms with E-state index in [1.165, 1.54) is 0 Å². The van der Waals surface area contributed by atoms with Gasteiger partial charge in [0.05, 0.1) is 13.2 Å². The number of hydrogen-bond acceptors (Lipinski definition) is 3. The van der Waals surface area contributed by atoms with Crippen LogP contribution in [0.4, 0.5) is 0 Å². The summed E-state index contributed by atoms with van der Waals surface area (Å²) in [5, 5.41) is 11.4. The minimum absolute atomic E-state index is 0.107. The first-order valence-electron chi connectivity index (χ1n) is 5.10. The zero-order valence-corrected chi connectivity index (χ0v) is 9.03. The number of aliphatic carboxylic acids is 1. The van der Waals surface area contributed by atoms with Crippen molar-refractivity contribution in [1.82, 2.24) is 5.32 Å². The predicted octanol–water partition coefficient (Wildman–Crippen LogP) is 0.248. The average Bonchev–Trinajstić information content (AvgIpc) is 2.06. The highest BCUT2D eigenvalue weighted by Crippen LogP contribution is 2.14. The van der Waals surface area contributed by atoms with Crippen molar-refractivity contribution < 1.29 is 19.4 Å². The second-order valence-electron chi connectivity index (χ2n) is 4.24. The van der Waals surface area contributed by atoms with Gasteiger partial charge >= 0.3 is 5.97 Å². The predicted molar refractivity (Wildman–Crippen MR) is 53.3 cm³/mol. The first kappa shape index (κ1) is 12.0. The van der Waals surface area contributed by atoms with Crippen molar-refractivity contribution in [2.24, 2.45) is 11.8 Å². The number of carbonyl (C=O) groups is 2. The van der Waals surface area contributed by atoms with Crippen molar-refractivity contribution >= 4 is 11.9 Å². The molecule has 1 aliphatic heterocycles. The van der Waals surface area contributed by atoms with Gasteiger partial charge in [-0.2, -0.15) is 0 Å². The highest BCUT2D eigenvalue weighted by molar-refractivity contribution is 5.83. The van der Waals surface area contributed by atoms with E-state index in [2.05, 4.69) is 5.32 Å². The molecule has 0 saturated carbocycles. The highest BCUT2D eigenvalue weighted by atomic mass is 16.5. The maximum atomic E-state index is 11.4. The van der Waals surface area contributed by atoms with E-state index in [0.29, 0.717) is 19.6 Å². The summed E-state index contributed by atoms with van der Waals surface area (Å²) in [4.78, 5) is 22.2. The normalized spacial score (nSPS) is 18.3. The molecule has 0 aromatic heterocycles. The molecule has 0 bridgehead atoms. The average molecular weight is 215 g/mol. The molecule has 0 aliphatic carbocycles. The minimum atomic E-state index is -0.983. The number of hydrogen-bond donors (Lipinski definition) is 2. The number of carbonyl (C=O) groups excluding carboxylic acids is 1. The van der Waals surface area contributed by atoms with Crippen LogP contribution in [0.2, 0.25) is 0 Å².